The third kappa shape index (κ3) is 3.44. The van der Waals surface area contributed by atoms with E-state index in [1.54, 1.807) is 24.3 Å². The fourth-order valence-corrected chi connectivity index (χ4v) is 1.83. The van der Waals surface area contributed by atoms with Crippen LogP contribution in [0.4, 0.5) is 5.69 Å². The molecular formula is C14H15N3O4. The van der Waals surface area contributed by atoms with E-state index in [4.69, 9.17) is 5.11 Å². The minimum absolute atomic E-state index is 0.145. The highest BCUT2D eigenvalue weighted by Crippen LogP contribution is 2.19. The molecule has 0 saturated carbocycles. The molecule has 0 unspecified atom stereocenters. The van der Waals surface area contributed by atoms with Gasteiger partial charge in [0, 0.05) is 12.8 Å². The van der Waals surface area contributed by atoms with Crippen molar-refractivity contribution in [1.82, 2.24) is 5.32 Å². The van der Waals surface area contributed by atoms with Gasteiger partial charge in [-0.15, -0.1) is 0 Å². The Balaban J connectivity index is 2.19. The van der Waals surface area contributed by atoms with Gasteiger partial charge in [0.1, 0.15) is 11.8 Å². The smallest absolute Gasteiger partial charge is 0.325 e. The Hall–Kier alpha value is -2.70. The van der Waals surface area contributed by atoms with Crippen LogP contribution in [0.2, 0.25) is 0 Å². The SMILES string of the molecule is C[C@H](NC(=O)C1=NN(c2ccccc2)C(=O)CC1)C(=O)O. The number of benzene rings is 1. The first-order chi connectivity index (χ1) is 9.99. The van der Waals surface area contributed by atoms with Crippen LogP contribution in [0, 0.1) is 0 Å². The van der Waals surface area contributed by atoms with Crippen LogP contribution < -0.4 is 10.3 Å². The van der Waals surface area contributed by atoms with Crippen molar-refractivity contribution in [3.63, 3.8) is 0 Å². The van der Waals surface area contributed by atoms with Gasteiger partial charge in [0.15, 0.2) is 0 Å². The number of aliphatic carboxylic acids is 1. The quantitative estimate of drug-likeness (QED) is 0.854. The Morgan fingerprint density at radius 1 is 1.29 bits per heavy atom. The summed E-state index contributed by atoms with van der Waals surface area (Å²) in [6.07, 6.45) is 0.350. The molecule has 0 aliphatic carbocycles. The lowest BCUT2D eigenvalue weighted by Gasteiger charge is -2.23. The number of hydrazone groups is 1. The number of carbonyl (C=O) groups excluding carboxylic acids is 2. The first kappa shape index (κ1) is 14.7. The minimum atomic E-state index is -1.13. The molecule has 2 rings (SSSR count). The third-order valence-electron chi connectivity index (χ3n) is 3.01. The van der Waals surface area contributed by atoms with E-state index in [0.717, 1.165) is 0 Å². The van der Waals surface area contributed by atoms with Gasteiger partial charge in [0.2, 0.25) is 5.91 Å². The first-order valence-corrected chi connectivity index (χ1v) is 6.48. The highest BCUT2D eigenvalue weighted by atomic mass is 16.4. The van der Waals surface area contributed by atoms with Gasteiger partial charge in [0.25, 0.3) is 5.91 Å². The van der Waals surface area contributed by atoms with Crippen LogP contribution in [0.15, 0.2) is 35.4 Å². The normalized spacial score (nSPS) is 16.1. The summed E-state index contributed by atoms with van der Waals surface area (Å²) in [6, 6.07) is 7.74. The van der Waals surface area contributed by atoms with E-state index < -0.39 is 17.9 Å². The predicted molar refractivity (Wildman–Crippen MR) is 75.8 cm³/mol. The van der Waals surface area contributed by atoms with Crippen molar-refractivity contribution in [2.24, 2.45) is 5.10 Å². The monoisotopic (exact) mass is 289 g/mol. The van der Waals surface area contributed by atoms with Gasteiger partial charge in [-0.25, -0.2) is 5.01 Å². The van der Waals surface area contributed by atoms with Gasteiger partial charge in [-0.2, -0.15) is 5.10 Å². The number of hydrogen-bond acceptors (Lipinski definition) is 4. The van der Waals surface area contributed by atoms with Crippen molar-refractivity contribution >= 4 is 29.2 Å². The van der Waals surface area contributed by atoms with Gasteiger partial charge in [0.05, 0.1) is 5.69 Å². The zero-order valence-corrected chi connectivity index (χ0v) is 11.4. The molecule has 0 bridgehead atoms. The third-order valence-corrected chi connectivity index (χ3v) is 3.01. The molecule has 1 atom stereocenters. The van der Waals surface area contributed by atoms with Crippen molar-refractivity contribution < 1.29 is 19.5 Å². The summed E-state index contributed by atoms with van der Waals surface area (Å²) in [6.45, 7) is 1.36. The number of nitrogens with one attached hydrogen (secondary N) is 1. The van der Waals surface area contributed by atoms with Crippen LogP contribution in [0.5, 0.6) is 0 Å². The average molecular weight is 289 g/mol. The van der Waals surface area contributed by atoms with Crippen LogP contribution in [0.1, 0.15) is 19.8 Å². The lowest BCUT2D eigenvalue weighted by Crippen LogP contribution is -2.44. The summed E-state index contributed by atoms with van der Waals surface area (Å²) in [5, 5.41) is 16.3. The molecular weight excluding hydrogens is 274 g/mol. The Kier molecular flexibility index (Phi) is 4.32. The molecule has 0 spiro atoms. The predicted octanol–water partition coefficient (Wildman–Crippen LogP) is 0.759. The molecule has 0 radical (unpaired) electrons. The Morgan fingerprint density at radius 3 is 2.57 bits per heavy atom. The number of anilines is 1. The van der Waals surface area contributed by atoms with Crippen molar-refractivity contribution in [1.29, 1.82) is 0 Å². The molecule has 1 heterocycles. The van der Waals surface area contributed by atoms with Crippen LogP contribution in [0.3, 0.4) is 0 Å². The number of rotatable bonds is 4. The summed E-state index contributed by atoms with van der Waals surface area (Å²) in [4.78, 5) is 34.6. The zero-order chi connectivity index (χ0) is 15.4. The Labute approximate surface area is 121 Å². The summed E-state index contributed by atoms with van der Waals surface area (Å²) in [7, 11) is 0. The summed E-state index contributed by atoms with van der Waals surface area (Å²) >= 11 is 0. The Bertz CT molecular complexity index is 597. The summed E-state index contributed by atoms with van der Waals surface area (Å²) in [5.74, 6) is -1.90. The van der Waals surface area contributed by atoms with E-state index >= 15 is 0 Å². The van der Waals surface area contributed by atoms with Crippen LogP contribution in [0.25, 0.3) is 0 Å². The topological polar surface area (TPSA) is 99.1 Å². The maximum absolute atomic E-state index is 12.0. The minimum Gasteiger partial charge on any atom is -0.480 e. The van der Waals surface area contributed by atoms with Crippen molar-refractivity contribution in [2.75, 3.05) is 5.01 Å². The molecule has 0 aromatic heterocycles. The first-order valence-electron chi connectivity index (χ1n) is 6.48. The highest BCUT2D eigenvalue weighted by Gasteiger charge is 2.26. The molecule has 7 heteroatoms. The number of para-hydroxylation sites is 1. The van der Waals surface area contributed by atoms with Crippen LogP contribution in [-0.4, -0.2) is 34.6 Å². The van der Waals surface area contributed by atoms with Crippen LogP contribution in [-0.2, 0) is 14.4 Å². The van der Waals surface area contributed by atoms with E-state index in [1.165, 1.54) is 11.9 Å². The van der Waals surface area contributed by atoms with Gasteiger partial charge in [-0.1, -0.05) is 18.2 Å². The molecule has 1 aromatic rings. The molecule has 2 amide bonds. The fourth-order valence-electron chi connectivity index (χ4n) is 1.83. The van der Waals surface area contributed by atoms with E-state index in [9.17, 15) is 14.4 Å². The molecule has 21 heavy (non-hydrogen) atoms. The van der Waals surface area contributed by atoms with Gasteiger partial charge in [-0.3, -0.25) is 14.4 Å². The Morgan fingerprint density at radius 2 is 1.95 bits per heavy atom. The molecule has 2 N–H and O–H groups in total. The number of carboxylic acids is 1. The fraction of sp³-hybridized carbons (Fsp3) is 0.286. The second-order valence-corrected chi connectivity index (χ2v) is 4.62. The number of carboxylic acid groups (broad SMARTS) is 1. The summed E-state index contributed by atoms with van der Waals surface area (Å²) in [5.41, 5.74) is 0.713. The maximum atomic E-state index is 12.0. The van der Waals surface area contributed by atoms with E-state index in [1.807, 2.05) is 6.07 Å². The number of nitrogens with zero attached hydrogens (tertiary/aromatic N) is 2. The largest absolute Gasteiger partial charge is 0.480 e. The summed E-state index contributed by atoms with van der Waals surface area (Å²) < 4.78 is 0. The molecule has 0 saturated heterocycles. The second kappa shape index (κ2) is 6.17. The van der Waals surface area contributed by atoms with Crippen molar-refractivity contribution in [3.05, 3.63) is 30.3 Å². The molecule has 110 valence electrons. The molecule has 1 aromatic carbocycles. The zero-order valence-electron chi connectivity index (χ0n) is 11.4. The number of hydrogen-bond donors (Lipinski definition) is 2. The van der Waals surface area contributed by atoms with Crippen LogP contribution >= 0.6 is 0 Å². The highest BCUT2D eigenvalue weighted by molar-refractivity contribution is 6.40. The lowest BCUT2D eigenvalue weighted by atomic mass is 10.1. The molecule has 1 aliphatic rings. The van der Waals surface area contributed by atoms with Gasteiger partial charge >= 0.3 is 5.97 Å². The van der Waals surface area contributed by atoms with Crippen molar-refractivity contribution in [2.45, 2.75) is 25.8 Å². The second-order valence-electron chi connectivity index (χ2n) is 4.62. The van der Waals surface area contributed by atoms with Gasteiger partial charge < -0.3 is 10.4 Å². The van der Waals surface area contributed by atoms with E-state index in [-0.39, 0.29) is 24.5 Å². The van der Waals surface area contributed by atoms with Gasteiger partial charge in [-0.05, 0) is 19.1 Å². The number of carbonyl (C=O) groups is 3. The number of amides is 2. The maximum Gasteiger partial charge on any atom is 0.325 e. The molecule has 1 aliphatic heterocycles. The van der Waals surface area contributed by atoms with E-state index in [2.05, 4.69) is 10.4 Å². The van der Waals surface area contributed by atoms with Crippen molar-refractivity contribution in [3.8, 4) is 0 Å². The van der Waals surface area contributed by atoms with E-state index in [0.29, 0.717) is 5.69 Å². The molecule has 0 fully saturated rings. The average Bonchev–Trinajstić information content (AvgIpc) is 2.48. The lowest BCUT2D eigenvalue weighted by molar-refractivity contribution is -0.140. The standard InChI is InChI=1S/C14H15N3O4/c1-9(14(20)21)15-13(19)11-7-8-12(18)17(16-11)10-5-3-2-4-6-10/h2-6,9H,7-8H2,1H3,(H,15,19)(H,20,21)/t9-/m0/s1. The molecule has 7 nitrogen and oxygen atoms in total.